The van der Waals surface area contributed by atoms with Gasteiger partial charge in [0, 0.05) is 37.4 Å². The highest BCUT2D eigenvalue weighted by atomic mass is 15.4. The van der Waals surface area contributed by atoms with Crippen molar-refractivity contribution in [1.82, 2.24) is 9.66 Å². The first kappa shape index (κ1) is 22.7. The van der Waals surface area contributed by atoms with E-state index in [4.69, 9.17) is 4.98 Å². The Morgan fingerprint density at radius 2 is 1.64 bits per heavy atom. The number of aromatic nitrogens is 2. The number of allylic oxidation sites excluding steroid dienone is 10. The van der Waals surface area contributed by atoms with Gasteiger partial charge in [0.25, 0.3) is 5.70 Å². The molecule has 0 spiro atoms. The lowest BCUT2D eigenvalue weighted by molar-refractivity contribution is -0.801. The van der Waals surface area contributed by atoms with Crippen LogP contribution in [0.25, 0.3) is 12.2 Å². The molecule has 0 saturated carbocycles. The second-order valence-corrected chi connectivity index (χ2v) is 9.35. The van der Waals surface area contributed by atoms with Crippen LogP contribution in [0.4, 0.5) is 0 Å². The lowest BCUT2D eigenvalue weighted by Gasteiger charge is -2.27. The minimum absolute atomic E-state index is 0.667. The molecule has 1 N–H and O–H groups in total. The van der Waals surface area contributed by atoms with Gasteiger partial charge in [0.05, 0.1) is 25.6 Å². The van der Waals surface area contributed by atoms with Crippen LogP contribution in [0.5, 0.6) is 0 Å². The average molecular weight is 444 g/mol. The molecular weight excluding hydrogens is 408 g/mol. The Bertz CT molecular complexity index is 1410. The molecule has 0 fully saturated rings. The summed E-state index contributed by atoms with van der Waals surface area (Å²) < 4.78 is 6.97. The van der Waals surface area contributed by atoms with Crippen LogP contribution in [-0.2, 0) is 0 Å². The van der Waals surface area contributed by atoms with Crippen molar-refractivity contribution in [3.63, 3.8) is 0 Å². The molecule has 3 aliphatic heterocycles. The molecule has 6 bridgehead atoms. The minimum Gasteiger partial charge on any atom is -0.327 e. The number of imidazole rings is 1. The van der Waals surface area contributed by atoms with Crippen LogP contribution in [0.2, 0.25) is 0 Å². The van der Waals surface area contributed by atoms with Gasteiger partial charge in [-0.2, -0.15) is 0 Å². The topological polar surface area (TPSA) is 35.9 Å². The molecule has 1 aromatic rings. The second-order valence-electron chi connectivity index (χ2n) is 9.35. The van der Waals surface area contributed by atoms with Crippen molar-refractivity contribution in [3.05, 3.63) is 87.3 Å². The number of fused-ring (bicyclic) bond motifs is 5. The number of quaternary nitrogens is 1. The Balaban J connectivity index is 2.03. The molecule has 0 aromatic carbocycles. The third-order valence-electron chi connectivity index (χ3n) is 7.05. The Kier molecular flexibility index (Phi) is 5.58. The summed E-state index contributed by atoms with van der Waals surface area (Å²) in [4.78, 5) is 4.71. The fraction of sp³-hybridized carbons (Fsp3) is 0.296. The van der Waals surface area contributed by atoms with Gasteiger partial charge in [-0.05, 0) is 43.1 Å². The van der Waals surface area contributed by atoms with Gasteiger partial charge in [-0.15, -0.1) is 9.15 Å². The summed E-state index contributed by atoms with van der Waals surface area (Å²) in [5.41, 5.74) is 12.4. The van der Waals surface area contributed by atoms with Crippen molar-refractivity contribution in [2.75, 3.05) is 40.7 Å². The summed E-state index contributed by atoms with van der Waals surface area (Å²) in [6, 6.07) is 0. The summed E-state index contributed by atoms with van der Waals surface area (Å²) in [6.07, 6.45) is 17.2. The van der Waals surface area contributed by atoms with E-state index in [-0.39, 0.29) is 0 Å². The van der Waals surface area contributed by atoms with Gasteiger partial charge in [0.15, 0.2) is 5.48 Å². The molecule has 1 aromatic heterocycles. The summed E-state index contributed by atoms with van der Waals surface area (Å²) in [5, 5.41) is 1.00. The monoisotopic (exact) mass is 443 g/mol. The fourth-order valence-corrected chi connectivity index (χ4v) is 4.41. The van der Waals surface area contributed by atoms with Crippen molar-refractivity contribution >= 4 is 24.2 Å². The number of nitrogens with zero attached hydrogens (tertiary/aromatic N) is 5. The maximum atomic E-state index is 4.71. The maximum absolute atomic E-state index is 4.71. The molecule has 0 atom stereocenters. The van der Waals surface area contributed by atoms with Crippen LogP contribution in [0.15, 0.2) is 76.5 Å². The highest BCUT2D eigenvalue weighted by Gasteiger charge is 2.32. The predicted octanol–water partition coefficient (Wildman–Crippen LogP) is 1.98. The van der Waals surface area contributed by atoms with Crippen molar-refractivity contribution < 1.29 is 13.6 Å². The Labute approximate surface area is 196 Å². The molecule has 6 nitrogen and oxygen atoms in total. The van der Waals surface area contributed by atoms with Gasteiger partial charge < -0.3 is 5.43 Å². The lowest BCUT2D eigenvalue weighted by Crippen LogP contribution is -2.38. The first-order valence-corrected chi connectivity index (χ1v) is 11.2. The molecule has 0 aliphatic carbocycles. The minimum atomic E-state index is 0.667. The van der Waals surface area contributed by atoms with Crippen LogP contribution < -0.4 is 16.3 Å². The summed E-state index contributed by atoms with van der Waals surface area (Å²) >= 11 is 0. The number of amidine groups is 1. The molecule has 6 heteroatoms. The summed E-state index contributed by atoms with van der Waals surface area (Å²) in [7, 11) is 10.5. The molecule has 0 saturated heterocycles. The van der Waals surface area contributed by atoms with E-state index in [0.717, 1.165) is 27.9 Å². The van der Waals surface area contributed by atoms with Crippen molar-refractivity contribution in [1.29, 1.82) is 0 Å². The van der Waals surface area contributed by atoms with Gasteiger partial charge in [-0.25, -0.2) is 9.66 Å². The predicted molar refractivity (Wildman–Crippen MR) is 137 cm³/mol. The Morgan fingerprint density at radius 3 is 2.30 bits per heavy atom. The smallest absolute Gasteiger partial charge is 0.327 e. The van der Waals surface area contributed by atoms with Crippen LogP contribution in [-0.4, -0.2) is 70.6 Å². The van der Waals surface area contributed by atoms with Crippen molar-refractivity contribution in [2.24, 2.45) is 0 Å². The van der Waals surface area contributed by atoms with Crippen molar-refractivity contribution in [2.45, 2.75) is 20.8 Å². The van der Waals surface area contributed by atoms with E-state index in [1.165, 1.54) is 28.1 Å². The van der Waals surface area contributed by atoms with Gasteiger partial charge >= 0.3 is 5.84 Å². The molecule has 0 radical (unpaired) electrons. The molecular formula is C27H35N6+3. The summed E-state index contributed by atoms with van der Waals surface area (Å²) in [6.45, 7) is 10.9. The van der Waals surface area contributed by atoms with E-state index in [1.807, 2.05) is 17.9 Å². The van der Waals surface area contributed by atoms with Crippen LogP contribution in [0.3, 0.4) is 0 Å². The van der Waals surface area contributed by atoms with E-state index in [0.29, 0.717) is 4.48 Å². The highest BCUT2D eigenvalue weighted by Crippen LogP contribution is 2.31. The van der Waals surface area contributed by atoms with Crippen LogP contribution in [0.1, 0.15) is 20.8 Å². The molecule has 4 rings (SSSR count). The third kappa shape index (κ3) is 3.80. The summed E-state index contributed by atoms with van der Waals surface area (Å²) in [5.74, 6) is 1.04. The lowest BCUT2D eigenvalue weighted by atomic mass is 9.97. The normalized spacial score (nSPS) is 25.7. The van der Waals surface area contributed by atoms with Gasteiger partial charge in [0.2, 0.25) is 6.21 Å². The molecule has 3 aliphatic rings. The van der Waals surface area contributed by atoms with Crippen LogP contribution in [0, 0.1) is 0 Å². The zero-order chi connectivity index (χ0) is 24.1. The van der Waals surface area contributed by atoms with E-state index in [2.05, 4.69) is 113 Å². The largest absolute Gasteiger partial charge is 0.448 e. The number of likely N-dealkylation sites (N-methyl/N-ethyl adjacent to an activating group) is 1. The number of rotatable bonds is 1. The SMILES string of the molecule is C=C1/C=C2/C=[N+](C)C(=[N+]2C)C=c2ncc(n2NC)=CC2=CC=C(/C=C(C)/C(C)=C\1C)[N+]2(C)C. The Morgan fingerprint density at radius 1 is 0.970 bits per heavy atom. The quantitative estimate of drug-likeness (QED) is 0.532. The average Bonchev–Trinajstić information content (AvgIpc) is 3.37. The van der Waals surface area contributed by atoms with E-state index < -0.39 is 0 Å². The van der Waals surface area contributed by atoms with Crippen LogP contribution >= 0.6 is 0 Å². The Hall–Kier alpha value is -3.51. The van der Waals surface area contributed by atoms with E-state index >= 15 is 0 Å². The first-order chi connectivity index (χ1) is 15.5. The fourth-order valence-electron chi connectivity index (χ4n) is 4.41. The van der Waals surface area contributed by atoms with E-state index in [1.54, 1.807) is 0 Å². The number of nitrogens with one attached hydrogen (secondary N) is 1. The standard InChI is InChI=1S/C27H35N6/c1-18-12-23-17-30(6)27(31(23)7)15-26-29-16-22(32(26)28-5)14-25-11-10-24(33(25,8)9)13-19(2)21(4)20(18)3/h10-17,28H,1H2,2-9H3/q+3/b19-13+,21-20-,22-14?,23-12-. The second kappa shape index (κ2) is 8.12. The molecule has 33 heavy (non-hydrogen) atoms. The maximum Gasteiger partial charge on any atom is 0.448 e. The molecule has 170 valence electrons. The molecule has 0 unspecified atom stereocenters. The molecule has 4 heterocycles. The number of hydrogen-bond donors (Lipinski definition) is 1. The zero-order valence-electron chi connectivity index (χ0n) is 21.1. The number of hydrogen-bond acceptors (Lipinski definition) is 2. The van der Waals surface area contributed by atoms with Gasteiger partial charge in [0.1, 0.15) is 31.6 Å². The van der Waals surface area contributed by atoms with Gasteiger partial charge in [-0.3, -0.25) is 4.48 Å². The van der Waals surface area contributed by atoms with Gasteiger partial charge in [-0.1, -0.05) is 6.58 Å². The highest BCUT2D eigenvalue weighted by molar-refractivity contribution is 6.03. The first-order valence-electron chi connectivity index (χ1n) is 11.2. The van der Waals surface area contributed by atoms with E-state index in [9.17, 15) is 0 Å². The molecule has 0 amide bonds. The zero-order valence-corrected chi connectivity index (χ0v) is 21.1. The third-order valence-corrected chi connectivity index (χ3v) is 7.05. The van der Waals surface area contributed by atoms with Crippen molar-refractivity contribution in [3.8, 4) is 0 Å².